The zero-order valence-electron chi connectivity index (χ0n) is 11.3. The van der Waals surface area contributed by atoms with Crippen LogP contribution in [0, 0.1) is 5.92 Å². The summed E-state index contributed by atoms with van der Waals surface area (Å²) >= 11 is 12.0. The van der Waals surface area contributed by atoms with Crippen molar-refractivity contribution >= 4 is 40.4 Å². The second kappa shape index (κ2) is 5.63. The van der Waals surface area contributed by atoms with Gasteiger partial charge >= 0.3 is 0 Å². The Morgan fingerprint density at radius 3 is 2.68 bits per heavy atom. The van der Waals surface area contributed by atoms with E-state index < -0.39 is 5.92 Å². The van der Waals surface area contributed by atoms with Crippen molar-refractivity contribution in [3.05, 3.63) is 33.9 Å². The summed E-state index contributed by atoms with van der Waals surface area (Å²) in [5.74, 6) is -2.37. The average Bonchev–Trinajstić information content (AvgIpc) is 2.42. The van der Waals surface area contributed by atoms with E-state index in [9.17, 15) is 13.6 Å². The maximum Gasteiger partial charge on any atom is 0.248 e. The number of nitrogens with zero attached hydrogens (tertiary/aromatic N) is 1. The summed E-state index contributed by atoms with van der Waals surface area (Å²) in [7, 11) is 0. The van der Waals surface area contributed by atoms with E-state index in [1.807, 2.05) is 0 Å². The number of aromatic nitrogens is 1. The van der Waals surface area contributed by atoms with Crippen LogP contribution in [0.3, 0.4) is 0 Å². The van der Waals surface area contributed by atoms with Gasteiger partial charge in [0.15, 0.2) is 6.29 Å². The second-order valence-electron chi connectivity index (χ2n) is 5.40. The number of carbonyl (C=O) groups is 1. The minimum Gasteiger partial charge on any atom is -0.492 e. The highest BCUT2D eigenvalue weighted by atomic mass is 35.5. The summed E-state index contributed by atoms with van der Waals surface area (Å²) in [6.07, 6.45) is 0.291. The molecule has 1 aliphatic rings. The Bertz CT molecular complexity index is 744. The Kier molecular flexibility index (Phi) is 3.95. The van der Waals surface area contributed by atoms with Gasteiger partial charge in [-0.2, -0.15) is 0 Å². The summed E-state index contributed by atoms with van der Waals surface area (Å²) in [4.78, 5) is 15.0. The average molecular weight is 346 g/mol. The Hall–Kier alpha value is -1.46. The maximum absolute atomic E-state index is 12.8. The molecule has 3 nitrogen and oxygen atoms in total. The van der Waals surface area contributed by atoms with Crippen LogP contribution in [-0.2, 0) is 0 Å². The monoisotopic (exact) mass is 345 g/mol. The molecule has 0 spiro atoms. The van der Waals surface area contributed by atoms with Crippen molar-refractivity contribution in [3.8, 4) is 5.75 Å². The molecule has 0 bridgehead atoms. The van der Waals surface area contributed by atoms with Crippen molar-refractivity contribution in [1.29, 1.82) is 0 Å². The molecule has 0 N–H and O–H groups in total. The molecule has 0 unspecified atom stereocenters. The molecule has 1 fully saturated rings. The number of rotatable bonds is 4. The first kappa shape index (κ1) is 15.4. The number of hydrogen-bond acceptors (Lipinski definition) is 3. The number of carbonyl (C=O) groups excluding carboxylic acids is 1. The molecular weight excluding hydrogens is 335 g/mol. The third-order valence-corrected chi connectivity index (χ3v) is 4.22. The maximum atomic E-state index is 12.8. The van der Waals surface area contributed by atoms with Crippen molar-refractivity contribution in [2.24, 2.45) is 5.92 Å². The molecule has 1 aliphatic carbocycles. The molecule has 1 aromatic heterocycles. The van der Waals surface area contributed by atoms with Gasteiger partial charge in [0, 0.05) is 30.2 Å². The lowest BCUT2D eigenvalue weighted by Crippen LogP contribution is -2.38. The van der Waals surface area contributed by atoms with Crippen LogP contribution in [0.2, 0.25) is 10.2 Å². The van der Waals surface area contributed by atoms with Crippen LogP contribution in [0.5, 0.6) is 5.75 Å². The van der Waals surface area contributed by atoms with Gasteiger partial charge in [0.1, 0.15) is 10.9 Å². The van der Waals surface area contributed by atoms with E-state index in [1.54, 1.807) is 18.2 Å². The molecule has 0 amide bonds. The molecule has 3 rings (SSSR count). The van der Waals surface area contributed by atoms with Crippen LogP contribution < -0.4 is 4.74 Å². The van der Waals surface area contributed by atoms with Crippen LogP contribution in [-0.4, -0.2) is 23.8 Å². The molecule has 0 saturated heterocycles. The lowest BCUT2D eigenvalue weighted by molar-refractivity contribution is -0.119. The number of halogens is 4. The van der Waals surface area contributed by atoms with Crippen LogP contribution in [0.4, 0.5) is 8.78 Å². The van der Waals surface area contributed by atoms with Gasteiger partial charge in [-0.3, -0.25) is 4.79 Å². The Labute approximate surface area is 135 Å². The molecule has 1 heterocycles. The number of hydrogen-bond donors (Lipinski definition) is 0. The van der Waals surface area contributed by atoms with E-state index in [0.29, 0.717) is 28.0 Å². The van der Waals surface area contributed by atoms with Crippen LogP contribution in [0.25, 0.3) is 10.9 Å². The summed E-state index contributed by atoms with van der Waals surface area (Å²) < 4.78 is 31.1. The molecule has 1 aromatic carbocycles. The summed E-state index contributed by atoms with van der Waals surface area (Å²) in [6.45, 7) is 0.182. The van der Waals surface area contributed by atoms with Gasteiger partial charge in [-0.1, -0.05) is 23.2 Å². The van der Waals surface area contributed by atoms with Crippen LogP contribution in [0.1, 0.15) is 23.2 Å². The molecule has 22 heavy (non-hydrogen) atoms. The number of benzene rings is 1. The fourth-order valence-electron chi connectivity index (χ4n) is 2.47. The standard InChI is InChI=1S/C15H11Cl2F2NO2/c16-11-2-9-1-10(6-21)14(17)20-12(9)3-13(11)22-7-8-4-15(18,19)5-8/h1-3,6,8H,4-5,7H2. The number of aldehydes is 1. The molecule has 0 atom stereocenters. The van der Waals surface area contributed by atoms with Crippen molar-refractivity contribution in [2.75, 3.05) is 6.61 Å². The Balaban J connectivity index is 1.81. The molecule has 0 aliphatic heterocycles. The van der Waals surface area contributed by atoms with Crippen LogP contribution in [0.15, 0.2) is 18.2 Å². The number of alkyl halides is 2. The van der Waals surface area contributed by atoms with Crippen molar-refractivity contribution in [1.82, 2.24) is 4.98 Å². The van der Waals surface area contributed by atoms with E-state index in [1.165, 1.54) is 0 Å². The normalized spacial score (nSPS) is 17.3. The predicted molar refractivity (Wildman–Crippen MR) is 80.3 cm³/mol. The SMILES string of the molecule is O=Cc1cc2cc(Cl)c(OCC3CC(F)(F)C3)cc2nc1Cl. The second-order valence-corrected chi connectivity index (χ2v) is 6.17. The van der Waals surface area contributed by atoms with Gasteiger partial charge in [-0.05, 0) is 12.1 Å². The molecule has 0 radical (unpaired) electrons. The smallest absolute Gasteiger partial charge is 0.248 e. The fourth-order valence-corrected chi connectivity index (χ4v) is 2.89. The zero-order valence-corrected chi connectivity index (χ0v) is 12.8. The summed E-state index contributed by atoms with van der Waals surface area (Å²) in [5.41, 5.74) is 0.796. The topological polar surface area (TPSA) is 39.2 Å². The third kappa shape index (κ3) is 3.01. The van der Waals surface area contributed by atoms with Crippen molar-refractivity contribution in [3.63, 3.8) is 0 Å². The largest absolute Gasteiger partial charge is 0.492 e. The Morgan fingerprint density at radius 2 is 2.05 bits per heavy atom. The van der Waals surface area contributed by atoms with Gasteiger partial charge in [-0.25, -0.2) is 13.8 Å². The molecule has 7 heteroatoms. The van der Waals surface area contributed by atoms with Gasteiger partial charge in [-0.15, -0.1) is 0 Å². The van der Waals surface area contributed by atoms with Gasteiger partial charge in [0.05, 0.1) is 22.7 Å². The molecule has 1 saturated carbocycles. The fraction of sp³-hybridized carbons (Fsp3) is 0.333. The quantitative estimate of drug-likeness (QED) is 0.591. The lowest BCUT2D eigenvalue weighted by Gasteiger charge is -2.34. The Morgan fingerprint density at radius 1 is 1.32 bits per heavy atom. The molecule has 2 aromatic rings. The van der Waals surface area contributed by atoms with Gasteiger partial charge < -0.3 is 4.74 Å². The highest BCUT2D eigenvalue weighted by molar-refractivity contribution is 6.33. The van der Waals surface area contributed by atoms with Gasteiger partial charge in [0.25, 0.3) is 0 Å². The minimum atomic E-state index is -2.57. The van der Waals surface area contributed by atoms with Gasteiger partial charge in [0.2, 0.25) is 5.92 Å². The zero-order chi connectivity index (χ0) is 15.9. The van der Waals surface area contributed by atoms with Crippen molar-refractivity contribution < 1.29 is 18.3 Å². The van der Waals surface area contributed by atoms with E-state index in [-0.39, 0.29) is 36.1 Å². The first-order chi connectivity index (χ1) is 10.4. The first-order valence-electron chi connectivity index (χ1n) is 6.63. The highest BCUT2D eigenvalue weighted by Gasteiger charge is 2.45. The summed E-state index contributed by atoms with van der Waals surface area (Å²) in [6, 6.07) is 4.78. The van der Waals surface area contributed by atoms with Crippen molar-refractivity contribution in [2.45, 2.75) is 18.8 Å². The lowest BCUT2D eigenvalue weighted by atomic mass is 9.82. The minimum absolute atomic E-state index is 0.0920. The van der Waals surface area contributed by atoms with E-state index in [4.69, 9.17) is 27.9 Å². The third-order valence-electron chi connectivity index (χ3n) is 3.63. The molecular formula is C15H11Cl2F2NO2. The predicted octanol–water partition coefficient (Wildman–Crippen LogP) is 4.78. The summed E-state index contributed by atoms with van der Waals surface area (Å²) in [5, 5.41) is 1.08. The number of ether oxygens (including phenoxy) is 1. The highest BCUT2D eigenvalue weighted by Crippen LogP contribution is 2.43. The van der Waals surface area contributed by atoms with E-state index in [0.717, 1.165) is 0 Å². The van der Waals surface area contributed by atoms with E-state index >= 15 is 0 Å². The van der Waals surface area contributed by atoms with Crippen LogP contribution >= 0.6 is 23.2 Å². The van der Waals surface area contributed by atoms with E-state index in [2.05, 4.69) is 4.98 Å². The molecule has 116 valence electrons. The number of fused-ring (bicyclic) bond motifs is 1. The number of pyridine rings is 1. The first-order valence-corrected chi connectivity index (χ1v) is 7.39.